The van der Waals surface area contributed by atoms with E-state index in [0.717, 1.165) is 16.7 Å². The highest BCUT2D eigenvalue weighted by Crippen LogP contribution is 2.35. The molecule has 2 rings (SSSR count). The maximum atomic E-state index is 11.1. The Balaban J connectivity index is 2.26. The Kier molecular flexibility index (Phi) is 1.97. The molecule has 0 N–H and O–H groups in total. The molecule has 0 atom stereocenters. The lowest BCUT2D eigenvalue weighted by molar-refractivity contribution is -0.133. The van der Waals surface area contributed by atoms with Crippen LogP contribution in [0.15, 0.2) is 59.4 Å². The number of allylic oxidation sites excluding steroid dienone is 6. The largest absolute Gasteiger partial charge is 0.422 e. The molecule has 2 heteroatoms. The van der Waals surface area contributed by atoms with Gasteiger partial charge in [-0.25, -0.2) is 4.79 Å². The summed E-state index contributed by atoms with van der Waals surface area (Å²) in [4.78, 5) is 11.1. The second-order valence-electron chi connectivity index (χ2n) is 3.18. The monoisotopic (exact) mass is 186 g/mol. The van der Waals surface area contributed by atoms with E-state index in [2.05, 4.69) is 6.58 Å². The van der Waals surface area contributed by atoms with Gasteiger partial charge < -0.3 is 4.74 Å². The molecule has 0 saturated carbocycles. The van der Waals surface area contributed by atoms with Gasteiger partial charge in [0.15, 0.2) is 0 Å². The third-order valence-corrected chi connectivity index (χ3v) is 2.19. The van der Waals surface area contributed by atoms with Crippen LogP contribution in [0.5, 0.6) is 0 Å². The Morgan fingerprint density at radius 1 is 1.57 bits per heavy atom. The first kappa shape index (κ1) is 8.75. The Hall–Kier alpha value is -1.83. The molecule has 0 aromatic carbocycles. The number of carbonyl (C=O) groups is 1. The van der Waals surface area contributed by atoms with Crippen LogP contribution in [0.25, 0.3) is 0 Å². The molecule has 14 heavy (non-hydrogen) atoms. The molecule has 2 aliphatic rings. The van der Waals surface area contributed by atoms with Crippen LogP contribution in [0.2, 0.25) is 0 Å². The minimum atomic E-state index is -0.415. The van der Waals surface area contributed by atoms with Crippen LogP contribution in [-0.2, 0) is 9.53 Å². The maximum absolute atomic E-state index is 11.1. The lowest BCUT2D eigenvalue weighted by Gasteiger charge is -2.05. The van der Waals surface area contributed by atoms with Gasteiger partial charge in [0, 0.05) is 11.6 Å². The molecule has 0 saturated heterocycles. The van der Waals surface area contributed by atoms with Crippen LogP contribution in [0.1, 0.15) is 6.92 Å². The lowest BCUT2D eigenvalue weighted by atomic mass is 10.2. The second kappa shape index (κ2) is 3.14. The minimum Gasteiger partial charge on any atom is -0.422 e. The molecule has 2 nitrogen and oxygen atoms in total. The van der Waals surface area contributed by atoms with E-state index in [-0.39, 0.29) is 0 Å². The van der Waals surface area contributed by atoms with Crippen LogP contribution < -0.4 is 0 Å². The standard InChI is InChI=1S/C12H10O2/c1-3-11(13)14-12-8(2)7-9-5-4-6-10(9)12/h3-7H,1H2,2H3. The molecule has 0 aliphatic heterocycles. The quantitative estimate of drug-likeness (QED) is 0.489. The van der Waals surface area contributed by atoms with E-state index in [9.17, 15) is 4.79 Å². The number of fused-ring (bicyclic) bond motifs is 1. The average Bonchev–Trinajstić information content (AvgIpc) is 2.70. The van der Waals surface area contributed by atoms with E-state index in [4.69, 9.17) is 4.74 Å². The number of hydrogen-bond donors (Lipinski definition) is 0. The molecule has 0 fully saturated rings. The summed E-state index contributed by atoms with van der Waals surface area (Å²) in [6.07, 6.45) is 9.04. The highest BCUT2D eigenvalue weighted by molar-refractivity contribution is 5.83. The molecule has 0 spiro atoms. The number of esters is 1. The molecule has 2 aliphatic carbocycles. The first-order valence-corrected chi connectivity index (χ1v) is 4.38. The Labute approximate surface area is 82.6 Å². The highest BCUT2D eigenvalue weighted by Gasteiger charge is 2.22. The summed E-state index contributed by atoms with van der Waals surface area (Å²) in [7, 11) is 0. The summed E-state index contributed by atoms with van der Waals surface area (Å²) in [5, 5.41) is 0. The molecule has 0 aromatic rings. The summed E-state index contributed by atoms with van der Waals surface area (Å²) in [5.41, 5.74) is 3.07. The zero-order valence-electron chi connectivity index (χ0n) is 7.91. The highest BCUT2D eigenvalue weighted by atomic mass is 16.5. The van der Waals surface area contributed by atoms with Crippen molar-refractivity contribution in [2.75, 3.05) is 0 Å². The van der Waals surface area contributed by atoms with Crippen molar-refractivity contribution in [3.63, 3.8) is 0 Å². The Morgan fingerprint density at radius 2 is 2.36 bits per heavy atom. The maximum Gasteiger partial charge on any atom is 0.335 e. The molecule has 0 bridgehead atoms. The number of rotatable bonds is 2. The molecule has 0 radical (unpaired) electrons. The first-order valence-electron chi connectivity index (χ1n) is 4.38. The van der Waals surface area contributed by atoms with Crippen LogP contribution in [0, 0.1) is 0 Å². The third kappa shape index (κ3) is 1.25. The normalized spacial score (nSPS) is 17.8. The van der Waals surface area contributed by atoms with Crippen molar-refractivity contribution in [3.05, 3.63) is 59.4 Å². The van der Waals surface area contributed by atoms with Crippen LogP contribution in [-0.4, -0.2) is 5.97 Å². The van der Waals surface area contributed by atoms with Crippen molar-refractivity contribution in [1.82, 2.24) is 0 Å². The molecular formula is C12H10O2. The van der Waals surface area contributed by atoms with Gasteiger partial charge in [0.2, 0.25) is 0 Å². The topological polar surface area (TPSA) is 26.3 Å². The van der Waals surface area contributed by atoms with Gasteiger partial charge in [0.1, 0.15) is 5.76 Å². The molecular weight excluding hydrogens is 176 g/mol. The summed E-state index contributed by atoms with van der Waals surface area (Å²) in [6.45, 7) is 5.29. The summed E-state index contributed by atoms with van der Waals surface area (Å²) < 4.78 is 5.15. The van der Waals surface area contributed by atoms with Crippen molar-refractivity contribution < 1.29 is 9.53 Å². The van der Waals surface area contributed by atoms with Gasteiger partial charge in [-0.05, 0) is 24.1 Å². The minimum absolute atomic E-state index is 0.415. The van der Waals surface area contributed by atoms with Gasteiger partial charge in [0.25, 0.3) is 0 Å². The van der Waals surface area contributed by atoms with E-state index < -0.39 is 5.97 Å². The fourth-order valence-electron chi connectivity index (χ4n) is 1.56. The number of ether oxygens (including phenoxy) is 1. The third-order valence-electron chi connectivity index (χ3n) is 2.19. The van der Waals surface area contributed by atoms with Crippen molar-refractivity contribution in [2.45, 2.75) is 6.92 Å². The van der Waals surface area contributed by atoms with Gasteiger partial charge >= 0.3 is 5.97 Å². The van der Waals surface area contributed by atoms with E-state index in [1.807, 2.05) is 31.2 Å². The van der Waals surface area contributed by atoms with E-state index in [1.54, 1.807) is 0 Å². The fourth-order valence-corrected chi connectivity index (χ4v) is 1.56. The van der Waals surface area contributed by atoms with Crippen molar-refractivity contribution in [2.24, 2.45) is 0 Å². The smallest absolute Gasteiger partial charge is 0.335 e. The Morgan fingerprint density at radius 3 is 3.07 bits per heavy atom. The first-order chi connectivity index (χ1) is 6.72. The van der Waals surface area contributed by atoms with Crippen LogP contribution in [0.3, 0.4) is 0 Å². The molecule has 0 amide bonds. The zero-order valence-corrected chi connectivity index (χ0v) is 7.91. The van der Waals surface area contributed by atoms with Crippen molar-refractivity contribution in [3.8, 4) is 0 Å². The van der Waals surface area contributed by atoms with Crippen molar-refractivity contribution in [1.29, 1.82) is 0 Å². The summed E-state index contributed by atoms with van der Waals surface area (Å²) in [5.74, 6) is 0.233. The second-order valence-corrected chi connectivity index (χ2v) is 3.18. The fraction of sp³-hybridized carbons (Fsp3) is 0.0833. The predicted molar refractivity (Wildman–Crippen MR) is 54.3 cm³/mol. The van der Waals surface area contributed by atoms with Crippen LogP contribution in [0.4, 0.5) is 0 Å². The number of hydrogen-bond acceptors (Lipinski definition) is 2. The summed E-state index contributed by atoms with van der Waals surface area (Å²) in [6, 6.07) is 0. The molecule has 0 aromatic heterocycles. The predicted octanol–water partition coefficient (Wildman–Crippen LogP) is 2.43. The Bertz CT molecular complexity index is 431. The van der Waals surface area contributed by atoms with Gasteiger partial charge in [-0.1, -0.05) is 24.8 Å². The van der Waals surface area contributed by atoms with Gasteiger partial charge in [-0.3, -0.25) is 0 Å². The molecule has 0 heterocycles. The number of carbonyl (C=O) groups excluding carboxylic acids is 1. The van der Waals surface area contributed by atoms with E-state index in [1.165, 1.54) is 6.08 Å². The molecule has 0 unspecified atom stereocenters. The van der Waals surface area contributed by atoms with E-state index in [0.29, 0.717) is 5.76 Å². The molecule has 70 valence electrons. The van der Waals surface area contributed by atoms with Gasteiger partial charge in [-0.2, -0.15) is 0 Å². The summed E-state index contributed by atoms with van der Waals surface area (Å²) >= 11 is 0. The zero-order chi connectivity index (χ0) is 10.1. The average molecular weight is 186 g/mol. The van der Waals surface area contributed by atoms with E-state index >= 15 is 0 Å². The SMILES string of the molecule is C=CC(=O)OC1=C(C)C=C2C=CC=C21. The lowest BCUT2D eigenvalue weighted by Crippen LogP contribution is -2.01. The van der Waals surface area contributed by atoms with Gasteiger partial charge in [-0.15, -0.1) is 0 Å². The van der Waals surface area contributed by atoms with Crippen LogP contribution >= 0.6 is 0 Å². The van der Waals surface area contributed by atoms with Crippen molar-refractivity contribution >= 4 is 5.97 Å². The van der Waals surface area contributed by atoms with Gasteiger partial charge in [0.05, 0.1) is 0 Å².